The molecule has 1 heterocycles. The molecule has 2 nitrogen and oxygen atoms in total. The van der Waals surface area contributed by atoms with Gasteiger partial charge in [0.25, 0.3) is 0 Å². The van der Waals surface area contributed by atoms with Gasteiger partial charge in [0, 0.05) is 29.8 Å². The molecule has 0 aliphatic rings. The Morgan fingerprint density at radius 2 is 2.21 bits per heavy atom. The van der Waals surface area contributed by atoms with Gasteiger partial charge in [-0.1, -0.05) is 11.6 Å². The van der Waals surface area contributed by atoms with Gasteiger partial charge in [0.1, 0.15) is 5.82 Å². The smallest absolute Gasteiger partial charge is 0.125 e. The van der Waals surface area contributed by atoms with Gasteiger partial charge in [-0.2, -0.15) is 0 Å². The molecule has 1 aromatic heterocycles. The van der Waals surface area contributed by atoms with Crippen LogP contribution in [0, 0.1) is 5.82 Å². The minimum absolute atomic E-state index is 0.318. The van der Waals surface area contributed by atoms with Crippen molar-refractivity contribution in [2.24, 2.45) is 5.73 Å². The number of halogens is 2. The SMILES string of the molecule is NCc1cnc2cc(F)ccc2c1Cl. The Kier molecular flexibility index (Phi) is 2.35. The number of benzene rings is 1. The Hall–Kier alpha value is -1.19. The lowest BCUT2D eigenvalue weighted by Gasteiger charge is -2.04. The van der Waals surface area contributed by atoms with Crippen LogP contribution in [0.3, 0.4) is 0 Å². The number of rotatable bonds is 1. The minimum Gasteiger partial charge on any atom is -0.326 e. The molecule has 0 fully saturated rings. The van der Waals surface area contributed by atoms with E-state index in [-0.39, 0.29) is 5.82 Å². The van der Waals surface area contributed by atoms with Gasteiger partial charge in [-0.25, -0.2) is 4.39 Å². The van der Waals surface area contributed by atoms with E-state index in [1.54, 1.807) is 12.3 Å². The molecule has 2 aromatic rings. The van der Waals surface area contributed by atoms with Crippen molar-refractivity contribution in [3.8, 4) is 0 Å². The third kappa shape index (κ3) is 1.45. The van der Waals surface area contributed by atoms with Crippen LogP contribution in [0.5, 0.6) is 0 Å². The van der Waals surface area contributed by atoms with Gasteiger partial charge in [-0.3, -0.25) is 4.98 Å². The Bertz CT molecular complexity index is 485. The van der Waals surface area contributed by atoms with Crippen LogP contribution >= 0.6 is 11.6 Å². The van der Waals surface area contributed by atoms with Crippen molar-refractivity contribution in [1.29, 1.82) is 0 Å². The molecule has 1 aromatic carbocycles. The highest BCUT2D eigenvalue weighted by molar-refractivity contribution is 6.36. The summed E-state index contributed by atoms with van der Waals surface area (Å²) in [6, 6.07) is 4.32. The van der Waals surface area contributed by atoms with E-state index in [0.717, 1.165) is 10.9 Å². The summed E-state index contributed by atoms with van der Waals surface area (Å²) in [5.74, 6) is -0.318. The summed E-state index contributed by atoms with van der Waals surface area (Å²) in [5, 5.41) is 1.29. The zero-order valence-corrected chi connectivity index (χ0v) is 8.05. The first-order chi connectivity index (χ1) is 6.72. The molecule has 14 heavy (non-hydrogen) atoms. The Morgan fingerprint density at radius 1 is 1.43 bits per heavy atom. The first kappa shape index (κ1) is 9.37. The molecule has 0 atom stereocenters. The van der Waals surface area contributed by atoms with Crippen molar-refractivity contribution in [3.05, 3.63) is 40.8 Å². The third-order valence-electron chi connectivity index (χ3n) is 2.06. The van der Waals surface area contributed by atoms with E-state index in [4.69, 9.17) is 17.3 Å². The number of fused-ring (bicyclic) bond motifs is 1. The van der Waals surface area contributed by atoms with Gasteiger partial charge in [0.2, 0.25) is 0 Å². The second-order valence-electron chi connectivity index (χ2n) is 2.96. The van der Waals surface area contributed by atoms with E-state index < -0.39 is 0 Å². The molecule has 0 aliphatic heterocycles. The highest BCUT2D eigenvalue weighted by Gasteiger charge is 2.05. The number of pyridine rings is 1. The largest absolute Gasteiger partial charge is 0.326 e. The predicted molar refractivity (Wildman–Crippen MR) is 54.6 cm³/mol. The summed E-state index contributed by atoms with van der Waals surface area (Å²) in [4.78, 5) is 4.07. The van der Waals surface area contributed by atoms with E-state index in [9.17, 15) is 4.39 Å². The highest BCUT2D eigenvalue weighted by Crippen LogP contribution is 2.25. The molecule has 72 valence electrons. The van der Waals surface area contributed by atoms with Crippen LogP contribution in [0.15, 0.2) is 24.4 Å². The predicted octanol–water partition coefficient (Wildman–Crippen LogP) is 2.49. The lowest BCUT2D eigenvalue weighted by molar-refractivity contribution is 0.629. The molecule has 2 rings (SSSR count). The van der Waals surface area contributed by atoms with Crippen molar-refractivity contribution < 1.29 is 4.39 Å². The maximum absolute atomic E-state index is 12.8. The van der Waals surface area contributed by atoms with Crippen LogP contribution < -0.4 is 5.73 Å². The first-order valence-electron chi connectivity index (χ1n) is 4.15. The van der Waals surface area contributed by atoms with Gasteiger partial charge >= 0.3 is 0 Å². The molecule has 0 saturated carbocycles. The molecule has 0 radical (unpaired) electrons. The van der Waals surface area contributed by atoms with Crippen molar-refractivity contribution in [2.75, 3.05) is 0 Å². The van der Waals surface area contributed by atoms with Crippen LogP contribution in [0.2, 0.25) is 5.02 Å². The van der Waals surface area contributed by atoms with E-state index in [0.29, 0.717) is 17.1 Å². The van der Waals surface area contributed by atoms with E-state index >= 15 is 0 Å². The Labute approximate surface area is 85.5 Å². The minimum atomic E-state index is -0.318. The van der Waals surface area contributed by atoms with Gasteiger partial charge in [-0.15, -0.1) is 0 Å². The van der Waals surface area contributed by atoms with Gasteiger partial charge < -0.3 is 5.73 Å². The second kappa shape index (κ2) is 3.52. The van der Waals surface area contributed by atoms with E-state index in [1.165, 1.54) is 12.1 Å². The Balaban J connectivity index is 2.77. The third-order valence-corrected chi connectivity index (χ3v) is 2.50. The summed E-state index contributed by atoms with van der Waals surface area (Å²) in [6.07, 6.45) is 1.57. The van der Waals surface area contributed by atoms with Crippen LogP contribution in [0.25, 0.3) is 10.9 Å². The maximum Gasteiger partial charge on any atom is 0.125 e. The Morgan fingerprint density at radius 3 is 2.93 bits per heavy atom. The molecule has 0 unspecified atom stereocenters. The highest BCUT2D eigenvalue weighted by atomic mass is 35.5. The van der Waals surface area contributed by atoms with E-state index in [1.807, 2.05) is 0 Å². The molecular weight excluding hydrogens is 203 g/mol. The molecular formula is C10H8ClFN2. The zero-order valence-electron chi connectivity index (χ0n) is 7.30. The molecule has 4 heteroatoms. The van der Waals surface area contributed by atoms with Crippen LogP contribution in [0.4, 0.5) is 4.39 Å². The number of hydrogen-bond acceptors (Lipinski definition) is 2. The summed E-state index contributed by atoms with van der Waals surface area (Å²) in [7, 11) is 0. The number of nitrogens with zero attached hydrogens (tertiary/aromatic N) is 1. The molecule has 0 spiro atoms. The molecule has 2 N–H and O–H groups in total. The number of nitrogens with two attached hydrogens (primary N) is 1. The quantitative estimate of drug-likeness (QED) is 0.786. The van der Waals surface area contributed by atoms with Crippen molar-refractivity contribution in [3.63, 3.8) is 0 Å². The van der Waals surface area contributed by atoms with Crippen molar-refractivity contribution >= 4 is 22.5 Å². The van der Waals surface area contributed by atoms with Crippen LogP contribution in [-0.2, 0) is 6.54 Å². The van der Waals surface area contributed by atoms with E-state index in [2.05, 4.69) is 4.98 Å². The normalized spacial score (nSPS) is 10.8. The second-order valence-corrected chi connectivity index (χ2v) is 3.34. The summed E-state index contributed by atoms with van der Waals surface area (Å²) < 4.78 is 12.8. The monoisotopic (exact) mass is 210 g/mol. The fourth-order valence-electron chi connectivity index (χ4n) is 1.32. The van der Waals surface area contributed by atoms with Gasteiger partial charge in [0.15, 0.2) is 0 Å². The van der Waals surface area contributed by atoms with Crippen molar-refractivity contribution in [1.82, 2.24) is 4.98 Å². The lowest BCUT2D eigenvalue weighted by Crippen LogP contribution is -1.98. The molecule has 0 saturated heterocycles. The fourth-order valence-corrected chi connectivity index (χ4v) is 1.60. The van der Waals surface area contributed by atoms with Gasteiger partial charge in [0.05, 0.1) is 10.5 Å². The topological polar surface area (TPSA) is 38.9 Å². The van der Waals surface area contributed by atoms with Crippen molar-refractivity contribution in [2.45, 2.75) is 6.54 Å². The molecule has 0 bridgehead atoms. The number of aromatic nitrogens is 1. The average Bonchev–Trinajstić information content (AvgIpc) is 2.18. The fraction of sp³-hybridized carbons (Fsp3) is 0.100. The van der Waals surface area contributed by atoms with Crippen LogP contribution in [-0.4, -0.2) is 4.98 Å². The summed E-state index contributed by atoms with van der Waals surface area (Å²) in [6.45, 7) is 0.332. The first-order valence-corrected chi connectivity index (χ1v) is 4.53. The van der Waals surface area contributed by atoms with Gasteiger partial charge in [-0.05, 0) is 12.1 Å². The molecule has 0 aliphatic carbocycles. The standard InChI is InChI=1S/C10H8ClFN2/c11-10-6(4-13)5-14-9-3-7(12)1-2-8(9)10/h1-3,5H,4,13H2. The van der Waals surface area contributed by atoms with Crippen LogP contribution in [0.1, 0.15) is 5.56 Å². The summed E-state index contributed by atoms with van der Waals surface area (Å²) in [5.41, 5.74) is 6.79. The average molecular weight is 211 g/mol. The number of hydrogen-bond donors (Lipinski definition) is 1. The molecule has 0 amide bonds. The summed E-state index contributed by atoms with van der Waals surface area (Å²) >= 11 is 6.05. The maximum atomic E-state index is 12.8. The lowest BCUT2D eigenvalue weighted by atomic mass is 10.1. The zero-order chi connectivity index (χ0) is 10.1.